The first-order chi connectivity index (χ1) is 7.71. The quantitative estimate of drug-likeness (QED) is 0.721. The van der Waals surface area contributed by atoms with E-state index in [1.807, 2.05) is 19.9 Å². The molecule has 0 bridgehead atoms. The van der Waals surface area contributed by atoms with E-state index in [0.717, 1.165) is 5.70 Å². The van der Waals surface area contributed by atoms with Gasteiger partial charge in [0.05, 0.1) is 6.04 Å². The lowest BCUT2D eigenvalue weighted by molar-refractivity contribution is -0.120. The Labute approximate surface area is 102 Å². The van der Waals surface area contributed by atoms with Gasteiger partial charge in [0.2, 0.25) is 11.8 Å². The number of nitrogens with one attached hydrogen (secondary N) is 2. The molecule has 2 aliphatic rings. The summed E-state index contributed by atoms with van der Waals surface area (Å²) < 4.78 is 0. The zero-order chi connectivity index (χ0) is 12.8. The van der Waals surface area contributed by atoms with Crippen molar-refractivity contribution in [1.82, 2.24) is 10.6 Å². The highest BCUT2D eigenvalue weighted by Crippen LogP contribution is 2.37. The Morgan fingerprint density at radius 1 is 1.12 bits per heavy atom. The van der Waals surface area contributed by atoms with Gasteiger partial charge in [-0.05, 0) is 11.5 Å². The van der Waals surface area contributed by atoms with Gasteiger partial charge in [0.1, 0.15) is 0 Å². The number of amides is 2. The maximum absolute atomic E-state index is 11.4. The second kappa shape index (κ2) is 3.59. The van der Waals surface area contributed by atoms with Gasteiger partial charge in [-0.15, -0.1) is 0 Å². The van der Waals surface area contributed by atoms with E-state index < -0.39 is 0 Å². The minimum atomic E-state index is -0.152. The zero-order valence-electron chi connectivity index (χ0n) is 10.9. The summed E-state index contributed by atoms with van der Waals surface area (Å²) in [5.41, 5.74) is 0.691. The third-order valence-corrected chi connectivity index (χ3v) is 3.71. The van der Waals surface area contributed by atoms with Crippen LogP contribution < -0.4 is 10.6 Å². The molecule has 1 atom stereocenters. The number of hydrogen-bond acceptors (Lipinski definition) is 2. The van der Waals surface area contributed by atoms with Crippen LogP contribution in [0.15, 0.2) is 11.8 Å². The van der Waals surface area contributed by atoms with Gasteiger partial charge >= 0.3 is 0 Å². The second-order valence-corrected chi connectivity index (χ2v) is 6.40. The molecule has 4 heteroatoms. The van der Waals surface area contributed by atoms with Crippen molar-refractivity contribution in [2.45, 2.75) is 46.6 Å². The first kappa shape index (κ1) is 12.1. The Hall–Kier alpha value is -1.32. The molecular formula is C13H20N2O2. The molecule has 0 aromatic carbocycles. The van der Waals surface area contributed by atoms with Crippen molar-refractivity contribution in [1.29, 1.82) is 0 Å². The minimum absolute atomic E-state index is 0.00248. The Balaban J connectivity index is 2.25. The van der Waals surface area contributed by atoms with E-state index in [2.05, 4.69) is 24.5 Å². The maximum atomic E-state index is 11.4. The molecule has 2 amide bonds. The number of carbonyl (C=O) groups is 2. The van der Waals surface area contributed by atoms with Gasteiger partial charge in [0.25, 0.3) is 0 Å². The summed E-state index contributed by atoms with van der Waals surface area (Å²) in [6.45, 7) is 8.22. The van der Waals surface area contributed by atoms with Crippen LogP contribution in [0.25, 0.3) is 0 Å². The lowest BCUT2D eigenvalue weighted by Gasteiger charge is -2.25. The average molecular weight is 236 g/mol. The van der Waals surface area contributed by atoms with E-state index in [4.69, 9.17) is 0 Å². The molecule has 2 N–H and O–H groups in total. The molecule has 17 heavy (non-hydrogen) atoms. The maximum Gasteiger partial charge on any atom is 0.225 e. The molecule has 2 fully saturated rings. The SMILES string of the molecule is CC1(C)CC(=O)N/C1=C\C1NC(=O)CC1(C)C. The summed E-state index contributed by atoms with van der Waals surface area (Å²) >= 11 is 0. The number of allylic oxidation sites excluding steroid dienone is 1. The molecule has 0 aromatic heterocycles. The summed E-state index contributed by atoms with van der Waals surface area (Å²) in [6.07, 6.45) is 3.06. The molecule has 0 aromatic rings. The molecule has 0 aliphatic carbocycles. The van der Waals surface area contributed by atoms with Crippen molar-refractivity contribution >= 4 is 11.8 Å². The fourth-order valence-corrected chi connectivity index (χ4v) is 2.51. The molecule has 0 saturated carbocycles. The Bertz CT molecular complexity index is 408. The van der Waals surface area contributed by atoms with E-state index >= 15 is 0 Å². The highest BCUT2D eigenvalue weighted by Gasteiger charge is 2.41. The summed E-state index contributed by atoms with van der Waals surface area (Å²) in [4.78, 5) is 22.9. The fraction of sp³-hybridized carbons (Fsp3) is 0.692. The zero-order valence-corrected chi connectivity index (χ0v) is 10.9. The van der Waals surface area contributed by atoms with Crippen molar-refractivity contribution in [3.8, 4) is 0 Å². The molecule has 2 saturated heterocycles. The molecule has 2 rings (SSSR count). The van der Waals surface area contributed by atoms with Crippen LogP contribution in [0.1, 0.15) is 40.5 Å². The Kier molecular flexibility index (Phi) is 2.56. The minimum Gasteiger partial charge on any atom is -0.349 e. The highest BCUT2D eigenvalue weighted by atomic mass is 16.2. The number of carbonyl (C=O) groups excluding carboxylic acids is 2. The van der Waals surface area contributed by atoms with Crippen molar-refractivity contribution in [3.63, 3.8) is 0 Å². The summed E-state index contributed by atoms with van der Waals surface area (Å²) in [5.74, 6) is 0.141. The van der Waals surface area contributed by atoms with Crippen molar-refractivity contribution in [2.24, 2.45) is 10.8 Å². The lowest BCUT2D eigenvalue weighted by atomic mass is 9.81. The van der Waals surface area contributed by atoms with Crippen LogP contribution in [0.4, 0.5) is 0 Å². The van der Waals surface area contributed by atoms with Crippen LogP contribution in [0.2, 0.25) is 0 Å². The van der Waals surface area contributed by atoms with E-state index in [1.54, 1.807) is 0 Å². The van der Waals surface area contributed by atoms with Gasteiger partial charge in [-0.1, -0.05) is 27.7 Å². The topological polar surface area (TPSA) is 58.2 Å². The first-order valence-electron chi connectivity index (χ1n) is 6.02. The molecule has 1 unspecified atom stereocenters. The van der Waals surface area contributed by atoms with Gasteiger partial charge in [-0.25, -0.2) is 0 Å². The third-order valence-electron chi connectivity index (χ3n) is 3.71. The van der Waals surface area contributed by atoms with Crippen molar-refractivity contribution in [2.75, 3.05) is 0 Å². The predicted octanol–water partition coefficient (Wildman–Crippen LogP) is 1.33. The molecule has 4 nitrogen and oxygen atoms in total. The highest BCUT2D eigenvalue weighted by molar-refractivity contribution is 5.83. The number of rotatable bonds is 1. The van der Waals surface area contributed by atoms with Crippen LogP contribution in [-0.2, 0) is 9.59 Å². The van der Waals surface area contributed by atoms with Gasteiger partial charge in [0.15, 0.2) is 0 Å². The second-order valence-electron chi connectivity index (χ2n) is 6.40. The van der Waals surface area contributed by atoms with E-state index in [-0.39, 0.29) is 28.7 Å². The first-order valence-corrected chi connectivity index (χ1v) is 6.02. The van der Waals surface area contributed by atoms with E-state index in [0.29, 0.717) is 12.8 Å². The lowest BCUT2D eigenvalue weighted by Crippen LogP contribution is -2.33. The third kappa shape index (κ3) is 2.21. The summed E-state index contributed by atoms with van der Waals surface area (Å²) in [6, 6.07) is 0.00248. The molecule has 94 valence electrons. The van der Waals surface area contributed by atoms with Crippen LogP contribution >= 0.6 is 0 Å². The van der Waals surface area contributed by atoms with Crippen LogP contribution in [0, 0.1) is 10.8 Å². The van der Waals surface area contributed by atoms with Crippen molar-refractivity contribution in [3.05, 3.63) is 11.8 Å². The predicted molar refractivity (Wildman–Crippen MR) is 65.0 cm³/mol. The molecule has 2 heterocycles. The monoisotopic (exact) mass is 236 g/mol. The summed E-state index contributed by atoms with van der Waals surface area (Å²) in [7, 11) is 0. The average Bonchev–Trinajstić information content (AvgIpc) is 2.50. The largest absolute Gasteiger partial charge is 0.349 e. The van der Waals surface area contributed by atoms with Crippen LogP contribution in [0.5, 0.6) is 0 Å². The van der Waals surface area contributed by atoms with Gasteiger partial charge in [-0.3, -0.25) is 9.59 Å². The Morgan fingerprint density at radius 3 is 2.18 bits per heavy atom. The van der Waals surface area contributed by atoms with Gasteiger partial charge < -0.3 is 10.6 Å². The van der Waals surface area contributed by atoms with Crippen LogP contribution in [-0.4, -0.2) is 17.9 Å². The Morgan fingerprint density at radius 2 is 1.76 bits per heavy atom. The molecule has 0 radical (unpaired) electrons. The van der Waals surface area contributed by atoms with E-state index in [9.17, 15) is 9.59 Å². The molecule has 2 aliphatic heterocycles. The fourth-order valence-electron chi connectivity index (χ4n) is 2.51. The van der Waals surface area contributed by atoms with Gasteiger partial charge in [-0.2, -0.15) is 0 Å². The van der Waals surface area contributed by atoms with Crippen LogP contribution in [0.3, 0.4) is 0 Å². The van der Waals surface area contributed by atoms with E-state index in [1.165, 1.54) is 0 Å². The standard InChI is InChI=1S/C13H20N2O2/c1-12(2)6-10(16)14-8(12)5-9-13(3,4)7-11(17)15-9/h5,8H,6-7H2,1-4H3,(H,14,16)(H,15,17)/b9-5-. The molecule has 0 spiro atoms. The summed E-state index contributed by atoms with van der Waals surface area (Å²) in [5, 5.41) is 5.85. The van der Waals surface area contributed by atoms with Crippen molar-refractivity contribution < 1.29 is 9.59 Å². The van der Waals surface area contributed by atoms with Gasteiger partial charge in [0, 0.05) is 24.0 Å². The smallest absolute Gasteiger partial charge is 0.225 e. The normalized spacial score (nSPS) is 32.7. The molecular weight excluding hydrogens is 216 g/mol. The number of hydrogen-bond donors (Lipinski definition) is 2.